The van der Waals surface area contributed by atoms with Gasteiger partial charge in [0, 0.05) is 12.1 Å². The normalized spacial score (nSPS) is 11.9. The van der Waals surface area contributed by atoms with Gasteiger partial charge in [0.2, 0.25) is 5.88 Å². The number of benzene rings is 1. The lowest BCUT2D eigenvalue weighted by atomic mass is 10.1. The molecule has 0 aliphatic rings. The molecule has 1 atom stereocenters. The monoisotopic (exact) mass is 296 g/mol. The molecule has 0 bridgehead atoms. The van der Waals surface area contributed by atoms with Crippen molar-refractivity contribution in [2.75, 3.05) is 12.4 Å². The lowest BCUT2D eigenvalue weighted by molar-refractivity contribution is 0.398. The Morgan fingerprint density at radius 1 is 1.14 bits per heavy atom. The molecule has 112 valence electrons. The van der Waals surface area contributed by atoms with Crippen LogP contribution in [-0.4, -0.2) is 32.3 Å². The number of hydrogen-bond donors (Lipinski definition) is 1. The van der Waals surface area contributed by atoms with Crippen LogP contribution >= 0.6 is 0 Å². The molecule has 0 radical (unpaired) electrons. The van der Waals surface area contributed by atoms with Crippen LogP contribution in [-0.2, 0) is 0 Å². The number of hydrogen-bond acceptors (Lipinski definition) is 6. The molecule has 0 saturated heterocycles. The molecule has 3 aromatic rings. The Morgan fingerprint density at radius 3 is 2.55 bits per heavy atom. The number of anilines is 1. The summed E-state index contributed by atoms with van der Waals surface area (Å²) in [5.74, 6) is 0.601. The maximum Gasteiger partial charge on any atom is 0.213 e. The Kier molecular flexibility index (Phi) is 3.95. The second-order valence-corrected chi connectivity index (χ2v) is 4.80. The average Bonchev–Trinajstić information content (AvgIpc) is 3.10. The van der Waals surface area contributed by atoms with Crippen LogP contribution in [0, 0.1) is 0 Å². The summed E-state index contributed by atoms with van der Waals surface area (Å²) in [7, 11) is 1.60. The minimum atomic E-state index is 0.151. The molecule has 7 nitrogen and oxygen atoms in total. The van der Waals surface area contributed by atoms with Crippen LogP contribution in [0.1, 0.15) is 18.5 Å². The zero-order chi connectivity index (χ0) is 15.4. The third-order valence-corrected chi connectivity index (χ3v) is 3.34. The standard InChI is InChI=1S/C15H16N6O/c1-11(18-13-5-8-15(22-2)16-9-13)12-3-6-14(7-4-12)21-10-17-19-20-21/h3-11,18H,1-2H3/t11-/m0/s1. The van der Waals surface area contributed by atoms with Gasteiger partial charge in [-0.15, -0.1) is 5.10 Å². The molecule has 22 heavy (non-hydrogen) atoms. The van der Waals surface area contributed by atoms with Crippen molar-refractivity contribution in [1.82, 2.24) is 25.2 Å². The first kappa shape index (κ1) is 14.0. The van der Waals surface area contributed by atoms with Gasteiger partial charge in [-0.25, -0.2) is 9.67 Å². The van der Waals surface area contributed by atoms with Gasteiger partial charge in [-0.3, -0.25) is 0 Å². The number of pyridine rings is 1. The molecule has 0 unspecified atom stereocenters. The first-order valence-electron chi connectivity index (χ1n) is 6.86. The van der Waals surface area contributed by atoms with Crippen molar-refractivity contribution >= 4 is 5.69 Å². The predicted molar refractivity (Wildman–Crippen MR) is 82.0 cm³/mol. The van der Waals surface area contributed by atoms with Gasteiger partial charge in [-0.2, -0.15) is 0 Å². The van der Waals surface area contributed by atoms with Gasteiger partial charge in [0.15, 0.2) is 0 Å². The average molecular weight is 296 g/mol. The summed E-state index contributed by atoms with van der Waals surface area (Å²) in [6, 6.07) is 12.0. The van der Waals surface area contributed by atoms with E-state index >= 15 is 0 Å². The maximum absolute atomic E-state index is 5.05. The number of aromatic nitrogens is 5. The number of ether oxygens (including phenoxy) is 1. The van der Waals surface area contributed by atoms with Crippen molar-refractivity contribution in [2.24, 2.45) is 0 Å². The molecule has 3 rings (SSSR count). The summed E-state index contributed by atoms with van der Waals surface area (Å²) in [5.41, 5.74) is 3.03. The Bertz CT molecular complexity index is 709. The van der Waals surface area contributed by atoms with E-state index in [1.54, 1.807) is 24.3 Å². The lowest BCUT2D eigenvalue weighted by Crippen LogP contribution is -2.07. The molecule has 0 aliphatic heterocycles. The van der Waals surface area contributed by atoms with Gasteiger partial charge in [0.05, 0.1) is 24.7 Å². The number of nitrogens with zero attached hydrogens (tertiary/aromatic N) is 5. The number of nitrogens with one attached hydrogen (secondary N) is 1. The van der Waals surface area contributed by atoms with E-state index in [4.69, 9.17) is 4.74 Å². The van der Waals surface area contributed by atoms with Gasteiger partial charge in [0.25, 0.3) is 0 Å². The Hall–Kier alpha value is -2.96. The third-order valence-electron chi connectivity index (χ3n) is 3.34. The first-order valence-corrected chi connectivity index (χ1v) is 6.86. The fourth-order valence-corrected chi connectivity index (χ4v) is 2.12. The highest BCUT2D eigenvalue weighted by atomic mass is 16.5. The Morgan fingerprint density at radius 2 is 1.95 bits per heavy atom. The second kappa shape index (κ2) is 6.21. The van der Waals surface area contributed by atoms with E-state index in [-0.39, 0.29) is 6.04 Å². The third kappa shape index (κ3) is 3.03. The van der Waals surface area contributed by atoms with E-state index in [2.05, 4.69) is 32.7 Å². The Balaban J connectivity index is 1.70. The molecule has 1 N–H and O–H groups in total. The van der Waals surface area contributed by atoms with Crippen LogP contribution in [0.3, 0.4) is 0 Å². The molecule has 1 aromatic carbocycles. The second-order valence-electron chi connectivity index (χ2n) is 4.80. The zero-order valence-electron chi connectivity index (χ0n) is 12.3. The number of rotatable bonds is 5. The van der Waals surface area contributed by atoms with E-state index in [1.807, 2.05) is 36.4 Å². The molecule has 7 heteroatoms. The van der Waals surface area contributed by atoms with E-state index in [0.717, 1.165) is 16.9 Å². The quantitative estimate of drug-likeness (QED) is 0.778. The summed E-state index contributed by atoms with van der Waals surface area (Å²) >= 11 is 0. The van der Waals surface area contributed by atoms with Crippen LogP contribution in [0.15, 0.2) is 48.9 Å². The smallest absolute Gasteiger partial charge is 0.213 e. The van der Waals surface area contributed by atoms with Crippen molar-refractivity contribution < 1.29 is 4.74 Å². The van der Waals surface area contributed by atoms with E-state index in [1.165, 1.54) is 0 Å². The van der Waals surface area contributed by atoms with E-state index in [9.17, 15) is 0 Å². The van der Waals surface area contributed by atoms with E-state index in [0.29, 0.717) is 5.88 Å². The number of tetrazole rings is 1. The highest BCUT2D eigenvalue weighted by molar-refractivity contribution is 5.45. The van der Waals surface area contributed by atoms with Crippen LogP contribution in [0.2, 0.25) is 0 Å². The molecule has 0 amide bonds. The van der Waals surface area contributed by atoms with Crippen molar-refractivity contribution in [2.45, 2.75) is 13.0 Å². The maximum atomic E-state index is 5.05. The summed E-state index contributed by atoms with van der Waals surface area (Å²) in [6.45, 7) is 2.09. The summed E-state index contributed by atoms with van der Waals surface area (Å²) < 4.78 is 6.67. The molecule has 0 saturated carbocycles. The summed E-state index contributed by atoms with van der Waals surface area (Å²) in [5, 5.41) is 14.5. The topological polar surface area (TPSA) is 77.8 Å². The minimum Gasteiger partial charge on any atom is -0.481 e. The molecule has 0 spiro atoms. The predicted octanol–water partition coefficient (Wildman–Crippen LogP) is 2.24. The van der Waals surface area contributed by atoms with Gasteiger partial charge < -0.3 is 10.1 Å². The summed E-state index contributed by atoms with van der Waals surface area (Å²) in [4.78, 5) is 4.18. The van der Waals surface area contributed by atoms with Crippen molar-refractivity contribution in [3.05, 3.63) is 54.5 Å². The minimum absolute atomic E-state index is 0.151. The van der Waals surface area contributed by atoms with E-state index < -0.39 is 0 Å². The van der Waals surface area contributed by atoms with Crippen molar-refractivity contribution in [1.29, 1.82) is 0 Å². The van der Waals surface area contributed by atoms with Gasteiger partial charge >= 0.3 is 0 Å². The SMILES string of the molecule is COc1ccc(N[C@@H](C)c2ccc(-n3cnnn3)cc2)cn1. The highest BCUT2D eigenvalue weighted by Gasteiger charge is 2.06. The van der Waals surface area contributed by atoms with Gasteiger partial charge in [-0.1, -0.05) is 12.1 Å². The van der Waals surface area contributed by atoms with Crippen molar-refractivity contribution in [3.63, 3.8) is 0 Å². The zero-order valence-corrected chi connectivity index (χ0v) is 12.3. The fraction of sp³-hybridized carbons (Fsp3) is 0.200. The molecule has 0 fully saturated rings. The molecule has 0 aliphatic carbocycles. The lowest BCUT2D eigenvalue weighted by Gasteiger charge is -2.16. The molecule has 2 aromatic heterocycles. The fourth-order valence-electron chi connectivity index (χ4n) is 2.12. The molecular weight excluding hydrogens is 280 g/mol. The van der Waals surface area contributed by atoms with Crippen LogP contribution < -0.4 is 10.1 Å². The molecule has 2 heterocycles. The highest BCUT2D eigenvalue weighted by Crippen LogP contribution is 2.20. The van der Waals surface area contributed by atoms with Crippen molar-refractivity contribution in [3.8, 4) is 11.6 Å². The van der Waals surface area contributed by atoms with Crippen LogP contribution in [0.25, 0.3) is 5.69 Å². The first-order chi connectivity index (χ1) is 10.8. The number of methoxy groups -OCH3 is 1. The molecular formula is C15H16N6O. The van der Waals surface area contributed by atoms with Crippen LogP contribution in [0.5, 0.6) is 5.88 Å². The largest absolute Gasteiger partial charge is 0.481 e. The van der Waals surface area contributed by atoms with Crippen LogP contribution in [0.4, 0.5) is 5.69 Å². The summed E-state index contributed by atoms with van der Waals surface area (Å²) in [6.07, 6.45) is 3.32. The van der Waals surface area contributed by atoms with Gasteiger partial charge in [0.1, 0.15) is 6.33 Å². The van der Waals surface area contributed by atoms with Gasteiger partial charge in [-0.05, 0) is 41.1 Å². The Labute approximate surface area is 128 Å².